The number of nitrogens with zero attached hydrogens (tertiary/aromatic N) is 2. The minimum absolute atomic E-state index is 0.327. The largest absolute Gasteiger partial charge is 0.465 e. The zero-order valence-corrected chi connectivity index (χ0v) is 12.7. The summed E-state index contributed by atoms with van der Waals surface area (Å²) in [4.78, 5) is 11.8. The lowest BCUT2D eigenvalue weighted by atomic mass is 10.1. The maximum absolute atomic E-state index is 11.8. The fourth-order valence-corrected chi connectivity index (χ4v) is 3.08. The van der Waals surface area contributed by atoms with Gasteiger partial charge in [-0.15, -0.1) is 0 Å². The Balaban J connectivity index is 2.08. The fraction of sp³-hybridized carbons (Fsp3) is 0.429. The van der Waals surface area contributed by atoms with Crippen LogP contribution in [0.4, 0.5) is 0 Å². The van der Waals surface area contributed by atoms with Gasteiger partial charge in [-0.05, 0) is 40.9 Å². The molecule has 0 bridgehead atoms. The highest BCUT2D eigenvalue weighted by atomic mass is 79.9. The average molecular weight is 339 g/mol. The van der Waals surface area contributed by atoms with E-state index in [2.05, 4.69) is 21.0 Å². The average Bonchev–Trinajstić information content (AvgIpc) is 2.89. The Hall–Kier alpha value is -1.40. The molecule has 1 saturated heterocycles. The number of ether oxygens (including phenoxy) is 2. The first-order chi connectivity index (χ1) is 9.70. The van der Waals surface area contributed by atoms with Crippen molar-refractivity contribution in [1.82, 2.24) is 9.78 Å². The molecule has 3 rings (SSSR count). The van der Waals surface area contributed by atoms with E-state index in [-0.39, 0.29) is 5.97 Å². The van der Waals surface area contributed by atoms with E-state index in [0.717, 1.165) is 41.4 Å². The van der Waals surface area contributed by atoms with Gasteiger partial charge in [0.2, 0.25) is 0 Å². The molecule has 2 heterocycles. The number of benzene rings is 1. The van der Waals surface area contributed by atoms with Gasteiger partial charge in [0.25, 0.3) is 0 Å². The van der Waals surface area contributed by atoms with Crippen LogP contribution in [0.5, 0.6) is 0 Å². The van der Waals surface area contributed by atoms with Gasteiger partial charge in [-0.25, -0.2) is 4.79 Å². The molecule has 0 radical (unpaired) electrons. The molecule has 1 aromatic carbocycles. The van der Waals surface area contributed by atoms with Crippen molar-refractivity contribution in [2.24, 2.45) is 0 Å². The molecule has 0 unspecified atom stereocenters. The number of carbonyl (C=O) groups excluding carboxylic acids is 1. The van der Waals surface area contributed by atoms with Crippen LogP contribution in [0.25, 0.3) is 10.9 Å². The van der Waals surface area contributed by atoms with Gasteiger partial charge in [-0.2, -0.15) is 5.10 Å². The summed E-state index contributed by atoms with van der Waals surface area (Å²) in [7, 11) is 1.38. The SMILES string of the molecule is COC(=O)c1cc2c(cnn2C2CCOCC2)cc1Br. The highest BCUT2D eigenvalue weighted by Gasteiger charge is 2.20. The number of hydrogen-bond donors (Lipinski definition) is 0. The van der Waals surface area contributed by atoms with Crippen LogP contribution in [0.1, 0.15) is 29.2 Å². The van der Waals surface area contributed by atoms with Crippen molar-refractivity contribution in [2.45, 2.75) is 18.9 Å². The summed E-state index contributed by atoms with van der Waals surface area (Å²) < 4.78 is 12.9. The van der Waals surface area contributed by atoms with Gasteiger partial charge in [-0.3, -0.25) is 4.68 Å². The van der Waals surface area contributed by atoms with Crippen LogP contribution in [0.3, 0.4) is 0 Å². The zero-order chi connectivity index (χ0) is 14.1. The lowest BCUT2D eigenvalue weighted by molar-refractivity contribution is 0.0599. The molecule has 1 aromatic heterocycles. The summed E-state index contributed by atoms with van der Waals surface area (Å²) in [6.07, 6.45) is 3.72. The van der Waals surface area contributed by atoms with E-state index in [1.807, 2.05) is 23.0 Å². The molecule has 0 saturated carbocycles. The third-order valence-corrected chi connectivity index (χ3v) is 4.28. The first-order valence-electron chi connectivity index (χ1n) is 6.53. The second-order valence-electron chi connectivity index (χ2n) is 4.82. The van der Waals surface area contributed by atoms with Crippen LogP contribution in [-0.2, 0) is 9.47 Å². The summed E-state index contributed by atoms with van der Waals surface area (Å²) in [5.41, 5.74) is 1.48. The van der Waals surface area contributed by atoms with Gasteiger partial charge < -0.3 is 9.47 Å². The Kier molecular flexibility index (Phi) is 3.76. The highest BCUT2D eigenvalue weighted by molar-refractivity contribution is 9.10. The summed E-state index contributed by atoms with van der Waals surface area (Å²) >= 11 is 3.41. The molecule has 1 aliphatic rings. The predicted octanol–water partition coefficient (Wildman–Crippen LogP) is 2.94. The van der Waals surface area contributed by atoms with Crippen LogP contribution in [-0.4, -0.2) is 36.1 Å². The fourth-order valence-electron chi connectivity index (χ4n) is 2.55. The number of carbonyl (C=O) groups is 1. The monoisotopic (exact) mass is 338 g/mol. The molecule has 0 atom stereocenters. The van der Waals surface area contributed by atoms with Gasteiger partial charge >= 0.3 is 5.97 Å². The van der Waals surface area contributed by atoms with Crippen molar-refractivity contribution in [1.29, 1.82) is 0 Å². The smallest absolute Gasteiger partial charge is 0.339 e. The number of methoxy groups -OCH3 is 1. The van der Waals surface area contributed by atoms with Crippen molar-refractivity contribution in [3.05, 3.63) is 28.4 Å². The standard InChI is InChI=1S/C14H15BrN2O3/c1-19-14(18)11-7-13-9(6-12(11)15)8-16-17(13)10-2-4-20-5-3-10/h6-8,10H,2-5H2,1H3. The Labute approximate surface area is 125 Å². The van der Waals surface area contributed by atoms with Gasteiger partial charge in [0.15, 0.2) is 0 Å². The molecule has 1 fully saturated rings. The highest BCUT2D eigenvalue weighted by Crippen LogP contribution is 2.29. The second-order valence-corrected chi connectivity index (χ2v) is 5.67. The van der Waals surface area contributed by atoms with Crippen LogP contribution < -0.4 is 0 Å². The summed E-state index contributed by atoms with van der Waals surface area (Å²) in [5.74, 6) is -0.349. The molecule has 0 amide bonds. The maximum Gasteiger partial charge on any atom is 0.339 e. The summed E-state index contributed by atoms with van der Waals surface area (Å²) in [5, 5.41) is 5.48. The van der Waals surface area contributed by atoms with E-state index < -0.39 is 0 Å². The molecule has 2 aromatic rings. The molecule has 0 N–H and O–H groups in total. The molecular formula is C14H15BrN2O3. The van der Waals surface area contributed by atoms with E-state index >= 15 is 0 Å². The van der Waals surface area contributed by atoms with Crippen molar-refractivity contribution >= 4 is 32.8 Å². The Morgan fingerprint density at radius 2 is 2.20 bits per heavy atom. The van der Waals surface area contributed by atoms with Crippen LogP contribution in [0, 0.1) is 0 Å². The van der Waals surface area contributed by atoms with Crippen molar-refractivity contribution in [3.8, 4) is 0 Å². The normalized spacial score (nSPS) is 16.5. The molecule has 0 spiro atoms. The lowest BCUT2D eigenvalue weighted by Gasteiger charge is -2.23. The van der Waals surface area contributed by atoms with Gasteiger partial charge in [0.05, 0.1) is 30.4 Å². The van der Waals surface area contributed by atoms with Crippen LogP contribution >= 0.6 is 15.9 Å². The number of aromatic nitrogens is 2. The number of hydrogen-bond acceptors (Lipinski definition) is 4. The minimum atomic E-state index is -0.349. The van der Waals surface area contributed by atoms with Crippen LogP contribution in [0.2, 0.25) is 0 Å². The number of rotatable bonds is 2. The first kappa shape index (κ1) is 13.6. The number of halogens is 1. The summed E-state index contributed by atoms with van der Waals surface area (Å²) in [6, 6.07) is 4.07. The Morgan fingerprint density at radius 3 is 2.90 bits per heavy atom. The van der Waals surface area contributed by atoms with Crippen molar-refractivity contribution in [2.75, 3.05) is 20.3 Å². The molecule has 6 heteroatoms. The maximum atomic E-state index is 11.8. The Morgan fingerprint density at radius 1 is 1.45 bits per heavy atom. The second kappa shape index (κ2) is 5.54. The zero-order valence-electron chi connectivity index (χ0n) is 11.1. The van der Waals surface area contributed by atoms with E-state index in [1.54, 1.807) is 0 Å². The lowest BCUT2D eigenvalue weighted by Crippen LogP contribution is -2.20. The number of esters is 1. The quantitative estimate of drug-likeness (QED) is 0.790. The topological polar surface area (TPSA) is 53.3 Å². The van der Waals surface area contributed by atoms with E-state index in [1.165, 1.54) is 7.11 Å². The van der Waals surface area contributed by atoms with Crippen LogP contribution in [0.15, 0.2) is 22.8 Å². The van der Waals surface area contributed by atoms with Gasteiger partial charge in [0, 0.05) is 23.1 Å². The molecule has 20 heavy (non-hydrogen) atoms. The van der Waals surface area contributed by atoms with E-state index in [9.17, 15) is 4.79 Å². The first-order valence-corrected chi connectivity index (χ1v) is 7.33. The molecule has 1 aliphatic heterocycles. The van der Waals surface area contributed by atoms with Gasteiger partial charge in [0.1, 0.15) is 0 Å². The molecule has 106 valence electrons. The van der Waals surface area contributed by atoms with Gasteiger partial charge in [-0.1, -0.05) is 0 Å². The van der Waals surface area contributed by atoms with Crippen molar-refractivity contribution < 1.29 is 14.3 Å². The van der Waals surface area contributed by atoms with Crippen molar-refractivity contribution in [3.63, 3.8) is 0 Å². The molecule has 0 aliphatic carbocycles. The molecule has 5 nitrogen and oxygen atoms in total. The third kappa shape index (κ3) is 2.33. The summed E-state index contributed by atoms with van der Waals surface area (Å²) in [6.45, 7) is 1.51. The number of fused-ring (bicyclic) bond motifs is 1. The predicted molar refractivity (Wildman–Crippen MR) is 77.9 cm³/mol. The van der Waals surface area contributed by atoms with E-state index in [0.29, 0.717) is 11.6 Å². The molecular weight excluding hydrogens is 324 g/mol. The minimum Gasteiger partial charge on any atom is -0.465 e. The third-order valence-electron chi connectivity index (χ3n) is 3.63. The Bertz CT molecular complexity index is 647. The van der Waals surface area contributed by atoms with E-state index in [4.69, 9.17) is 9.47 Å².